The second kappa shape index (κ2) is 7.77. The van der Waals surface area contributed by atoms with Crippen LogP contribution in [0.5, 0.6) is 5.75 Å². The summed E-state index contributed by atoms with van der Waals surface area (Å²) < 4.78 is 5.03. The predicted molar refractivity (Wildman–Crippen MR) is 88.2 cm³/mol. The Labute approximate surface area is 138 Å². The minimum atomic E-state index is -1.04. The van der Waals surface area contributed by atoms with E-state index in [1.807, 2.05) is 5.32 Å². The molecule has 7 nitrogen and oxygen atoms in total. The molecule has 0 aliphatic carbocycles. The molecule has 124 valence electrons. The molecule has 0 aliphatic heterocycles. The maximum atomic E-state index is 11.9. The third kappa shape index (κ3) is 4.33. The summed E-state index contributed by atoms with van der Waals surface area (Å²) in [5.41, 5.74) is 6.79. The molecule has 3 amide bonds. The highest BCUT2D eigenvalue weighted by Crippen LogP contribution is 2.11. The van der Waals surface area contributed by atoms with Crippen molar-refractivity contribution in [2.45, 2.75) is 6.54 Å². The third-order valence-corrected chi connectivity index (χ3v) is 3.25. The standard InChI is InChI=1S/C17H17N3O4/c1-24-12-8-6-11(7-9-12)10-19-16(22)17(23)20-15(21)13-4-2-3-5-14(13)18/h2-9H,10,18H2,1H3,(H,19,22)(H,20,21,23). The average Bonchev–Trinajstić information content (AvgIpc) is 2.60. The molecule has 0 saturated heterocycles. The van der Waals surface area contributed by atoms with Crippen LogP contribution in [0.3, 0.4) is 0 Å². The lowest BCUT2D eigenvalue weighted by atomic mass is 10.1. The Morgan fingerprint density at radius 2 is 1.67 bits per heavy atom. The first kappa shape index (κ1) is 17.0. The second-order valence-electron chi connectivity index (χ2n) is 4.90. The smallest absolute Gasteiger partial charge is 0.316 e. The van der Waals surface area contributed by atoms with Gasteiger partial charge in [0.2, 0.25) is 0 Å². The minimum absolute atomic E-state index is 0.133. The Kier molecular flexibility index (Phi) is 5.51. The monoisotopic (exact) mass is 327 g/mol. The van der Waals surface area contributed by atoms with Crippen molar-refractivity contribution < 1.29 is 19.1 Å². The molecular formula is C17H17N3O4. The molecule has 0 fully saturated rings. The lowest BCUT2D eigenvalue weighted by Gasteiger charge is -2.08. The number of hydrogen-bond donors (Lipinski definition) is 3. The number of para-hydroxylation sites is 1. The van der Waals surface area contributed by atoms with Crippen molar-refractivity contribution in [2.24, 2.45) is 0 Å². The van der Waals surface area contributed by atoms with Gasteiger partial charge in [-0.25, -0.2) is 0 Å². The maximum absolute atomic E-state index is 11.9. The first-order valence-corrected chi connectivity index (χ1v) is 7.12. The van der Waals surface area contributed by atoms with E-state index in [-0.39, 0.29) is 17.8 Å². The van der Waals surface area contributed by atoms with Crippen LogP contribution in [0.4, 0.5) is 5.69 Å². The largest absolute Gasteiger partial charge is 0.497 e. The first-order valence-electron chi connectivity index (χ1n) is 7.12. The number of anilines is 1. The number of carbonyl (C=O) groups excluding carboxylic acids is 3. The fourth-order valence-corrected chi connectivity index (χ4v) is 1.94. The van der Waals surface area contributed by atoms with Gasteiger partial charge < -0.3 is 15.8 Å². The molecule has 0 spiro atoms. The minimum Gasteiger partial charge on any atom is -0.497 e. The van der Waals surface area contributed by atoms with E-state index in [0.29, 0.717) is 5.75 Å². The summed E-state index contributed by atoms with van der Waals surface area (Å²) in [6.45, 7) is 0.151. The summed E-state index contributed by atoms with van der Waals surface area (Å²) in [6.07, 6.45) is 0. The summed E-state index contributed by atoms with van der Waals surface area (Å²) in [7, 11) is 1.55. The van der Waals surface area contributed by atoms with Crippen LogP contribution in [0.1, 0.15) is 15.9 Å². The Morgan fingerprint density at radius 3 is 2.29 bits per heavy atom. The number of carbonyl (C=O) groups is 3. The molecule has 0 saturated carbocycles. The van der Waals surface area contributed by atoms with Crippen molar-refractivity contribution in [2.75, 3.05) is 12.8 Å². The van der Waals surface area contributed by atoms with Crippen molar-refractivity contribution in [1.82, 2.24) is 10.6 Å². The number of methoxy groups -OCH3 is 1. The van der Waals surface area contributed by atoms with Gasteiger partial charge >= 0.3 is 11.8 Å². The molecule has 2 aromatic carbocycles. The summed E-state index contributed by atoms with van der Waals surface area (Å²) >= 11 is 0. The van der Waals surface area contributed by atoms with E-state index < -0.39 is 17.7 Å². The van der Waals surface area contributed by atoms with Crippen molar-refractivity contribution in [3.05, 3.63) is 59.7 Å². The van der Waals surface area contributed by atoms with Gasteiger partial charge in [-0.15, -0.1) is 0 Å². The predicted octanol–water partition coefficient (Wildman–Crippen LogP) is 0.850. The van der Waals surface area contributed by atoms with Crippen molar-refractivity contribution in [3.63, 3.8) is 0 Å². The zero-order chi connectivity index (χ0) is 17.5. The van der Waals surface area contributed by atoms with Crippen LogP contribution < -0.4 is 21.1 Å². The lowest BCUT2D eigenvalue weighted by molar-refractivity contribution is -0.138. The van der Waals surface area contributed by atoms with Gasteiger partial charge in [-0.1, -0.05) is 24.3 Å². The first-order chi connectivity index (χ1) is 11.5. The van der Waals surface area contributed by atoms with Crippen molar-refractivity contribution >= 4 is 23.4 Å². The Bertz CT molecular complexity index is 757. The van der Waals surface area contributed by atoms with Crippen LogP contribution >= 0.6 is 0 Å². The number of benzene rings is 2. The highest BCUT2D eigenvalue weighted by Gasteiger charge is 2.18. The van der Waals surface area contributed by atoms with E-state index in [2.05, 4.69) is 5.32 Å². The van der Waals surface area contributed by atoms with Crippen LogP contribution in [0.15, 0.2) is 48.5 Å². The van der Waals surface area contributed by atoms with E-state index in [0.717, 1.165) is 5.56 Å². The van der Waals surface area contributed by atoms with Gasteiger partial charge in [0.15, 0.2) is 0 Å². The molecule has 0 unspecified atom stereocenters. The molecule has 0 atom stereocenters. The normalized spacial score (nSPS) is 9.88. The van der Waals surface area contributed by atoms with E-state index in [9.17, 15) is 14.4 Å². The Morgan fingerprint density at radius 1 is 1.00 bits per heavy atom. The quantitative estimate of drug-likeness (QED) is 0.569. The number of imide groups is 1. The number of amides is 3. The second-order valence-corrected chi connectivity index (χ2v) is 4.90. The molecule has 2 aromatic rings. The molecule has 0 aromatic heterocycles. The van der Waals surface area contributed by atoms with Gasteiger partial charge in [-0.05, 0) is 29.8 Å². The van der Waals surface area contributed by atoms with Crippen LogP contribution in [0.2, 0.25) is 0 Å². The average molecular weight is 327 g/mol. The molecule has 7 heteroatoms. The van der Waals surface area contributed by atoms with Crippen LogP contribution in [0.25, 0.3) is 0 Å². The molecule has 0 radical (unpaired) electrons. The van der Waals surface area contributed by atoms with E-state index in [1.165, 1.54) is 12.1 Å². The fraction of sp³-hybridized carbons (Fsp3) is 0.118. The summed E-state index contributed by atoms with van der Waals surface area (Å²) in [6, 6.07) is 13.3. The van der Waals surface area contributed by atoms with Gasteiger partial charge in [0.05, 0.1) is 12.7 Å². The topological polar surface area (TPSA) is 111 Å². The maximum Gasteiger partial charge on any atom is 0.316 e. The number of hydrogen-bond acceptors (Lipinski definition) is 5. The molecule has 24 heavy (non-hydrogen) atoms. The molecular weight excluding hydrogens is 310 g/mol. The molecule has 0 bridgehead atoms. The number of nitrogens with two attached hydrogens (primary N) is 1. The van der Waals surface area contributed by atoms with Gasteiger partial charge in [0.25, 0.3) is 5.91 Å². The fourth-order valence-electron chi connectivity index (χ4n) is 1.94. The van der Waals surface area contributed by atoms with E-state index in [4.69, 9.17) is 10.5 Å². The van der Waals surface area contributed by atoms with Gasteiger partial charge in [0, 0.05) is 12.2 Å². The number of rotatable bonds is 4. The number of ether oxygens (including phenoxy) is 1. The van der Waals surface area contributed by atoms with Crippen LogP contribution in [0, 0.1) is 0 Å². The molecule has 0 heterocycles. The zero-order valence-corrected chi connectivity index (χ0v) is 13.0. The highest BCUT2D eigenvalue weighted by molar-refractivity contribution is 6.38. The van der Waals surface area contributed by atoms with E-state index >= 15 is 0 Å². The molecule has 4 N–H and O–H groups in total. The van der Waals surface area contributed by atoms with Gasteiger partial charge in [-0.3, -0.25) is 19.7 Å². The third-order valence-electron chi connectivity index (χ3n) is 3.25. The van der Waals surface area contributed by atoms with Gasteiger partial charge in [0.1, 0.15) is 5.75 Å². The van der Waals surface area contributed by atoms with Crippen molar-refractivity contribution in [3.8, 4) is 5.75 Å². The number of nitrogens with one attached hydrogen (secondary N) is 2. The number of nitrogen functional groups attached to an aromatic ring is 1. The SMILES string of the molecule is COc1ccc(CNC(=O)C(=O)NC(=O)c2ccccc2N)cc1. The zero-order valence-electron chi connectivity index (χ0n) is 13.0. The lowest BCUT2D eigenvalue weighted by Crippen LogP contribution is -2.42. The molecule has 2 rings (SSSR count). The van der Waals surface area contributed by atoms with Gasteiger partial charge in [-0.2, -0.15) is 0 Å². The van der Waals surface area contributed by atoms with Crippen LogP contribution in [-0.4, -0.2) is 24.8 Å². The van der Waals surface area contributed by atoms with E-state index in [1.54, 1.807) is 43.5 Å². The summed E-state index contributed by atoms with van der Waals surface area (Å²) in [4.78, 5) is 35.4. The van der Waals surface area contributed by atoms with Crippen molar-refractivity contribution in [1.29, 1.82) is 0 Å². The Hall–Kier alpha value is -3.35. The molecule has 0 aliphatic rings. The summed E-state index contributed by atoms with van der Waals surface area (Å²) in [5, 5.41) is 4.43. The highest BCUT2D eigenvalue weighted by atomic mass is 16.5. The Balaban J connectivity index is 1.89. The van der Waals surface area contributed by atoms with Crippen LogP contribution in [-0.2, 0) is 16.1 Å². The summed E-state index contributed by atoms with van der Waals surface area (Å²) in [5.74, 6) is -1.99.